The number of ether oxygens (including phenoxy) is 2. The van der Waals surface area contributed by atoms with Gasteiger partial charge in [-0.2, -0.15) is 8.42 Å². The van der Waals surface area contributed by atoms with Gasteiger partial charge in [-0.1, -0.05) is 48.0 Å². The fourth-order valence-corrected chi connectivity index (χ4v) is 4.41. The highest BCUT2D eigenvalue weighted by Crippen LogP contribution is 2.30. The van der Waals surface area contributed by atoms with E-state index in [9.17, 15) is 18.6 Å². The minimum Gasteiger partial charge on any atom is -0.385 e. The van der Waals surface area contributed by atoms with Gasteiger partial charge in [-0.15, -0.1) is 11.6 Å². The Bertz CT molecular complexity index is 889. The first-order chi connectivity index (χ1) is 13.8. The molecule has 1 aliphatic heterocycles. The Labute approximate surface area is 174 Å². The lowest BCUT2D eigenvalue weighted by molar-refractivity contribution is -0.248. The molecule has 2 aromatic rings. The van der Waals surface area contributed by atoms with E-state index in [0.29, 0.717) is 0 Å². The first kappa shape index (κ1) is 22.2. The number of aryl methyl sites for hydroxylation is 1. The fourth-order valence-electron chi connectivity index (χ4n) is 2.91. The third kappa shape index (κ3) is 5.55. The number of aliphatic hydroxyl groups excluding tert-OH is 2. The molecule has 1 heterocycles. The molecule has 0 saturated carbocycles. The van der Waals surface area contributed by atoms with Gasteiger partial charge in [0, 0.05) is 0 Å². The van der Waals surface area contributed by atoms with Gasteiger partial charge < -0.3 is 19.7 Å². The van der Waals surface area contributed by atoms with E-state index in [4.69, 9.17) is 25.3 Å². The van der Waals surface area contributed by atoms with E-state index in [1.807, 2.05) is 37.3 Å². The zero-order valence-electron chi connectivity index (χ0n) is 15.7. The molecule has 1 aliphatic rings. The second-order valence-electron chi connectivity index (χ2n) is 6.83. The van der Waals surface area contributed by atoms with Gasteiger partial charge in [-0.25, -0.2) is 0 Å². The summed E-state index contributed by atoms with van der Waals surface area (Å²) in [4.78, 5) is -0.0722. The molecular formula is C20H23ClO7S. The molecule has 29 heavy (non-hydrogen) atoms. The van der Waals surface area contributed by atoms with Gasteiger partial charge in [0.2, 0.25) is 0 Å². The SMILES string of the molecule is Cc1ccc(S(=O)(=O)O[C@@H]2[C@@H](O)[C@H](O)O[C@H](COCc3ccccc3)[C@@H]2Cl)cc1. The third-order valence-corrected chi connectivity index (χ3v) is 6.41. The van der Waals surface area contributed by atoms with Gasteiger partial charge in [-0.3, -0.25) is 4.18 Å². The van der Waals surface area contributed by atoms with Crippen LogP contribution in [0.1, 0.15) is 11.1 Å². The Kier molecular flexibility index (Phi) is 7.28. The Hall–Kier alpha value is -1.52. The van der Waals surface area contributed by atoms with Crippen LogP contribution in [-0.4, -0.2) is 55.2 Å². The Morgan fingerprint density at radius 2 is 1.72 bits per heavy atom. The van der Waals surface area contributed by atoms with Crippen LogP contribution in [0.5, 0.6) is 0 Å². The summed E-state index contributed by atoms with van der Waals surface area (Å²) < 4.78 is 41.2. The molecule has 0 amide bonds. The molecule has 7 nitrogen and oxygen atoms in total. The molecule has 3 rings (SSSR count). The van der Waals surface area contributed by atoms with Gasteiger partial charge >= 0.3 is 0 Å². The van der Waals surface area contributed by atoms with Crippen LogP contribution in [-0.2, 0) is 30.4 Å². The summed E-state index contributed by atoms with van der Waals surface area (Å²) in [5.41, 5.74) is 1.82. The van der Waals surface area contributed by atoms with Crippen LogP contribution < -0.4 is 0 Å². The maximum Gasteiger partial charge on any atom is 0.297 e. The van der Waals surface area contributed by atoms with Crippen molar-refractivity contribution in [3.63, 3.8) is 0 Å². The van der Waals surface area contributed by atoms with Crippen LogP contribution in [0.2, 0.25) is 0 Å². The monoisotopic (exact) mass is 442 g/mol. The van der Waals surface area contributed by atoms with Gasteiger partial charge in [0.15, 0.2) is 6.29 Å². The Morgan fingerprint density at radius 1 is 1.07 bits per heavy atom. The molecule has 2 aromatic carbocycles. The summed E-state index contributed by atoms with van der Waals surface area (Å²) in [5, 5.41) is 19.1. The normalized spacial score (nSPS) is 27.7. The lowest BCUT2D eigenvalue weighted by Gasteiger charge is -2.39. The maximum absolute atomic E-state index is 12.6. The molecule has 5 atom stereocenters. The summed E-state index contributed by atoms with van der Waals surface area (Å²) in [6.45, 7) is 2.10. The average Bonchev–Trinajstić information content (AvgIpc) is 2.70. The fraction of sp³-hybridized carbons (Fsp3) is 0.400. The smallest absolute Gasteiger partial charge is 0.297 e. The van der Waals surface area contributed by atoms with Crippen molar-refractivity contribution in [1.82, 2.24) is 0 Å². The lowest BCUT2D eigenvalue weighted by atomic mass is 10.0. The first-order valence-corrected chi connectivity index (χ1v) is 10.9. The Morgan fingerprint density at radius 3 is 2.38 bits per heavy atom. The highest BCUT2D eigenvalue weighted by Gasteiger charge is 2.47. The molecule has 2 N–H and O–H groups in total. The van der Waals surface area contributed by atoms with Crippen molar-refractivity contribution in [2.24, 2.45) is 0 Å². The van der Waals surface area contributed by atoms with Gasteiger partial charge in [0.1, 0.15) is 18.3 Å². The molecule has 9 heteroatoms. The predicted molar refractivity (Wildman–Crippen MR) is 106 cm³/mol. The average molecular weight is 443 g/mol. The molecule has 0 radical (unpaired) electrons. The van der Waals surface area contributed by atoms with Crippen LogP contribution in [0.4, 0.5) is 0 Å². The molecule has 0 spiro atoms. The topological polar surface area (TPSA) is 102 Å². The largest absolute Gasteiger partial charge is 0.385 e. The van der Waals surface area contributed by atoms with E-state index < -0.39 is 40.1 Å². The number of benzene rings is 2. The standard InChI is InChI=1S/C20H23ClO7S/c1-13-7-9-15(10-8-13)29(24,25)28-19-17(21)16(27-20(23)18(19)22)12-26-11-14-5-3-2-4-6-14/h2-10,16-20,22-23H,11-12H2,1H3/t16-,17+,18-,19+,20-/m1/s1. The van der Waals surface area contributed by atoms with Crippen molar-refractivity contribution < 1.29 is 32.3 Å². The first-order valence-electron chi connectivity index (χ1n) is 9.05. The van der Waals surface area contributed by atoms with E-state index in [1.165, 1.54) is 12.1 Å². The van der Waals surface area contributed by atoms with E-state index in [0.717, 1.165) is 11.1 Å². The second kappa shape index (κ2) is 9.53. The summed E-state index contributed by atoms with van der Waals surface area (Å²) in [6, 6.07) is 15.5. The summed E-state index contributed by atoms with van der Waals surface area (Å²) in [6.07, 6.45) is -5.58. The summed E-state index contributed by atoms with van der Waals surface area (Å²) in [5.74, 6) is 0. The predicted octanol–water partition coefficient (Wildman–Crippen LogP) is 1.97. The number of aliphatic hydroxyl groups is 2. The Balaban J connectivity index is 1.67. The van der Waals surface area contributed by atoms with Crippen molar-refractivity contribution >= 4 is 21.7 Å². The minimum absolute atomic E-state index is 0.0166. The van der Waals surface area contributed by atoms with Gasteiger partial charge in [-0.05, 0) is 24.6 Å². The summed E-state index contributed by atoms with van der Waals surface area (Å²) >= 11 is 6.34. The molecule has 1 saturated heterocycles. The van der Waals surface area contributed by atoms with Crippen molar-refractivity contribution in [1.29, 1.82) is 0 Å². The molecule has 0 unspecified atom stereocenters. The highest BCUT2D eigenvalue weighted by atomic mass is 35.5. The zero-order chi connectivity index (χ0) is 21.0. The van der Waals surface area contributed by atoms with Crippen LogP contribution in [0, 0.1) is 6.92 Å². The van der Waals surface area contributed by atoms with Crippen LogP contribution in [0.25, 0.3) is 0 Å². The van der Waals surface area contributed by atoms with E-state index in [2.05, 4.69) is 0 Å². The molecule has 158 valence electrons. The highest BCUT2D eigenvalue weighted by molar-refractivity contribution is 7.86. The minimum atomic E-state index is -4.20. The number of alkyl halides is 1. The quantitative estimate of drug-likeness (QED) is 0.499. The van der Waals surface area contributed by atoms with Crippen molar-refractivity contribution in [2.45, 2.75) is 48.4 Å². The van der Waals surface area contributed by atoms with Crippen molar-refractivity contribution in [2.75, 3.05) is 6.61 Å². The van der Waals surface area contributed by atoms with Gasteiger partial charge in [0.05, 0.1) is 23.5 Å². The number of rotatable bonds is 7. The molecule has 1 fully saturated rings. The number of hydrogen-bond acceptors (Lipinski definition) is 7. The molecule has 0 aliphatic carbocycles. The second-order valence-corrected chi connectivity index (χ2v) is 8.90. The van der Waals surface area contributed by atoms with Crippen molar-refractivity contribution in [3.05, 3.63) is 65.7 Å². The maximum atomic E-state index is 12.6. The molecule has 0 bridgehead atoms. The van der Waals surface area contributed by atoms with Gasteiger partial charge in [0.25, 0.3) is 10.1 Å². The zero-order valence-corrected chi connectivity index (χ0v) is 17.3. The number of hydrogen-bond donors (Lipinski definition) is 2. The van der Waals surface area contributed by atoms with Crippen LogP contribution in [0.15, 0.2) is 59.5 Å². The van der Waals surface area contributed by atoms with Crippen LogP contribution >= 0.6 is 11.6 Å². The molecular weight excluding hydrogens is 420 g/mol. The lowest BCUT2D eigenvalue weighted by Crippen LogP contribution is -2.58. The van der Waals surface area contributed by atoms with E-state index in [-0.39, 0.29) is 18.1 Å². The van der Waals surface area contributed by atoms with Crippen molar-refractivity contribution in [3.8, 4) is 0 Å². The molecule has 0 aromatic heterocycles. The van der Waals surface area contributed by atoms with E-state index >= 15 is 0 Å². The summed E-state index contributed by atoms with van der Waals surface area (Å²) in [7, 11) is -4.20. The van der Waals surface area contributed by atoms with E-state index in [1.54, 1.807) is 12.1 Å². The number of halogens is 1. The third-order valence-electron chi connectivity index (χ3n) is 4.55. The van der Waals surface area contributed by atoms with Crippen LogP contribution in [0.3, 0.4) is 0 Å².